The van der Waals surface area contributed by atoms with Crippen LogP contribution >= 0.6 is 11.6 Å². The summed E-state index contributed by atoms with van der Waals surface area (Å²) < 4.78 is 12.3. The van der Waals surface area contributed by atoms with E-state index in [0.29, 0.717) is 18.8 Å². The molecule has 5 atom stereocenters. The van der Waals surface area contributed by atoms with Crippen molar-refractivity contribution in [3.63, 3.8) is 0 Å². The second-order valence-corrected chi connectivity index (χ2v) is 10.4. The molecule has 16 nitrogen and oxygen atoms in total. The molecule has 0 aliphatic carbocycles. The van der Waals surface area contributed by atoms with E-state index >= 15 is 0 Å². The molecule has 43 heavy (non-hydrogen) atoms. The van der Waals surface area contributed by atoms with E-state index in [1.165, 1.54) is 12.1 Å². The van der Waals surface area contributed by atoms with Gasteiger partial charge in [-0.1, -0.05) is 18.1 Å². The van der Waals surface area contributed by atoms with Crippen molar-refractivity contribution in [1.82, 2.24) is 24.8 Å². The molecule has 1 aromatic carbocycles. The number of ether oxygens (including phenoxy) is 2. The van der Waals surface area contributed by atoms with E-state index in [0.717, 1.165) is 17.3 Å². The molecule has 2 saturated heterocycles. The van der Waals surface area contributed by atoms with E-state index in [-0.39, 0.29) is 22.0 Å². The number of H-pyrrole nitrogens is 1. The normalized spacial score (nSPS) is 26.0. The van der Waals surface area contributed by atoms with Gasteiger partial charge in [-0.05, 0) is 35.7 Å². The van der Waals surface area contributed by atoms with E-state index < -0.39 is 66.5 Å². The topological polar surface area (TPSA) is 233 Å². The second-order valence-electron chi connectivity index (χ2n) is 10.1. The van der Waals surface area contributed by atoms with Gasteiger partial charge < -0.3 is 39.9 Å². The maximum absolute atomic E-state index is 12.4. The highest BCUT2D eigenvalue weighted by Gasteiger charge is 2.58. The monoisotopic (exact) mass is 618 g/mol. The average molecular weight is 619 g/mol. The first-order valence-electron chi connectivity index (χ1n) is 12.9. The van der Waals surface area contributed by atoms with Crippen LogP contribution in [0.2, 0.25) is 5.28 Å². The van der Waals surface area contributed by atoms with E-state index in [1.54, 1.807) is 17.0 Å². The van der Waals surface area contributed by atoms with Crippen molar-refractivity contribution < 1.29 is 44.6 Å². The Balaban J connectivity index is 1.39. The minimum absolute atomic E-state index is 0.111. The minimum atomic E-state index is -2.85. The van der Waals surface area contributed by atoms with Crippen LogP contribution in [0, 0.1) is 12.3 Å². The fourth-order valence-corrected chi connectivity index (χ4v) is 5.28. The van der Waals surface area contributed by atoms with Crippen LogP contribution in [0.25, 0.3) is 11.2 Å². The van der Waals surface area contributed by atoms with E-state index in [9.17, 15) is 39.9 Å². The van der Waals surface area contributed by atoms with Crippen LogP contribution in [0.1, 0.15) is 18.2 Å². The van der Waals surface area contributed by atoms with E-state index in [1.807, 2.05) is 5.92 Å². The summed E-state index contributed by atoms with van der Waals surface area (Å²) in [6.45, 7) is 0.345. The molecule has 0 bridgehead atoms. The van der Waals surface area contributed by atoms with Gasteiger partial charge in [0.1, 0.15) is 12.2 Å². The van der Waals surface area contributed by atoms with Crippen molar-refractivity contribution in [2.45, 2.75) is 48.8 Å². The number of carboxylic acid groups (broad SMARTS) is 2. The first-order chi connectivity index (χ1) is 20.4. The quantitative estimate of drug-likeness (QED) is 0.0834. The molecule has 2 aromatic heterocycles. The summed E-state index contributed by atoms with van der Waals surface area (Å²) in [5.41, 5.74) is -5.37. The highest BCUT2D eigenvalue weighted by molar-refractivity contribution is 6.28. The zero-order valence-corrected chi connectivity index (χ0v) is 23.0. The highest BCUT2D eigenvalue weighted by Crippen LogP contribution is 2.39. The molecule has 17 heteroatoms. The number of aliphatic hydroxyl groups excluding tert-OH is 2. The lowest BCUT2D eigenvalue weighted by Crippen LogP contribution is -2.55. The standard InChI is InChI=1S/C26H27ClN6O10/c1-2-25(41)15(43-20(17(25)34)33-12-29-16-18(33)30-23(27)31-19(16)35)11-42-26(21(36)37,22(38)39)10-13-4-6-14(7-5-13)32-9-3-8-28-24(32)40/h1,4-7,12,15,17,20,24,28,34,40-41H,3,8-11H2,(H,36,37)(H,38,39)(H,30,31,35)/t15-,17+,20-,24?,25-/m1/s1. The van der Waals surface area contributed by atoms with Gasteiger partial charge in [-0.2, -0.15) is 4.98 Å². The largest absolute Gasteiger partial charge is 0.479 e. The maximum atomic E-state index is 12.4. The Hall–Kier alpha value is -4.08. The van der Waals surface area contributed by atoms with Crippen molar-refractivity contribution in [2.24, 2.45) is 0 Å². The van der Waals surface area contributed by atoms with Gasteiger partial charge >= 0.3 is 11.9 Å². The number of aliphatic carboxylic acids is 2. The number of hydrogen-bond donors (Lipinski definition) is 7. The fraction of sp³-hybridized carbons (Fsp3) is 0.423. The Morgan fingerprint density at radius 3 is 2.58 bits per heavy atom. The van der Waals surface area contributed by atoms with Crippen molar-refractivity contribution in [3.8, 4) is 12.3 Å². The first-order valence-corrected chi connectivity index (χ1v) is 13.3. The Bertz CT molecular complexity index is 1620. The molecule has 0 radical (unpaired) electrons. The Morgan fingerprint density at radius 2 is 1.95 bits per heavy atom. The van der Waals surface area contributed by atoms with Gasteiger partial charge in [0.25, 0.3) is 11.2 Å². The zero-order chi connectivity index (χ0) is 31.1. The molecule has 228 valence electrons. The summed E-state index contributed by atoms with van der Waals surface area (Å²) in [4.78, 5) is 48.8. The highest BCUT2D eigenvalue weighted by atomic mass is 35.5. The molecule has 2 aliphatic heterocycles. The van der Waals surface area contributed by atoms with Crippen molar-refractivity contribution >= 4 is 40.4 Å². The number of aliphatic hydroxyl groups is 3. The number of rotatable bonds is 9. The van der Waals surface area contributed by atoms with Crippen LogP contribution in [0.4, 0.5) is 5.69 Å². The lowest BCUT2D eigenvalue weighted by atomic mass is 9.91. The molecule has 2 fully saturated rings. The van der Waals surface area contributed by atoms with Gasteiger partial charge in [0.15, 0.2) is 29.3 Å². The summed E-state index contributed by atoms with van der Waals surface area (Å²) in [5.74, 6) is -1.66. The van der Waals surface area contributed by atoms with Crippen molar-refractivity contribution in [3.05, 3.63) is 51.8 Å². The number of anilines is 1. The van der Waals surface area contributed by atoms with Crippen molar-refractivity contribution in [2.75, 3.05) is 24.6 Å². The number of aromatic amines is 1. The zero-order valence-electron chi connectivity index (χ0n) is 22.3. The van der Waals surface area contributed by atoms with Crippen LogP contribution in [-0.4, -0.2) is 106 Å². The summed E-state index contributed by atoms with van der Waals surface area (Å²) in [7, 11) is 0. The number of nitrogens with zero attached hydrogens (tertiary/aromatic N) is 4. The molecule has 0 spiro atoms. The van der Waals surface area contributed by atoms with Gasteiger partial charge in [0, 0.05) is 25.2 Å². The van der Waals surface area contributed by atoms with Gasteiger partial charge in [0.2, 0.25) is 5.28 Å². The number of halogens is 1. The van der Waals surface area contributed by atoms with Crippen LogP contribution in [0.15, 0.2) is 35.4 Å². The lowest BCUT2D eigenvalue weighted by molar-refractivity contribution is -0.191. The number of fused-ring (bicyclic) bond motifs is 1. The molecular formula is C26H27ClN6O10. The summed E-state index contributed by atoms with van der Waals surface area (Å²) in [6, 6.07) is 6.24. The van der Waals surface area contributed by atoms with Crippen LogP contribution < -0.4 is 15.8 Å². The molecule has 0 amide bonds. The van der Waals surface area contributed by atoms with Gasteiger partial charge in [-0.25, -0.2) is 14.6 Å². The Labute approximate surface area is 247 Å². The molecular weight excluding hydrogens is 592 g/mol. The van der Waals surface area contributed by atoms with Crippen molar-refractivity contribution in [1.29, 1.82) is 0 Å². The summed E-state index contributed by atoms with van der Waals surface area (Å²) >= 11 is 5.85. The number of hydrogen-bond acceptors (Lipinski definition) is 12. The van der Waals surface area contributed by atoms with E-state index in [2.05, 4.69) is 20.3 Å². The fourth-order valence-electron chi connectivity index (χ4n) is 5.11. The predicted octanol–water partition coefficient (Wildman–Crippen LogP) is -1.36. The van der Waals surface area contributed by atoms with Crippen LogP contribution in [0.5, 0.6) is 0 Å². The number of nitrogens with one attached hydrogen (secondary N) is 2. The first kappa shape index (κ1) is 30.4. The predicted molar refractivity (Wildman–Crippen MR) is 147 cm³/mol. The number of aromatic nitrogens is 4. The number of carbonyl (C=O) groups is 2. The SMILES string of the molecule is C#C[C@@]1(O)[C@@H](COC(Cc2ccc(N3CCCNC3O)cc2)(C(=O)O)C(=O)O)O[C@@H](n2cnc3c(=O)[nH]c(Cl)nc32)[C@@H]1O. The molecule has 7 N–H and O–H groups in total. The Kier molecular flexibility index (Phi) is 8.15. The van der Waals surface area contributed by atoms with Gasteiger partial charge in [-0.15, -0.1) is 6.42 Å². The molecule has 1 unspecified atom stereocenters. The average Bonchev–Trinajstić information content (AvgIpc) is 3.50. The van der Waals surface area contributed by atoms with Crippen LogP contribution in [0.3, 0.4) is 0 Å². The Morgan fingerprint density at radius 1 is 1.26 bits per heavy atom. The van der Waals surface area contributed by atoms with Gasteiger partial charge in [-0.3, -0.25) is 19.7 Å². The third-order valence-electron chi connectivity index (χ3n) is 7.52. The maximum Gasteiger partial charge on any atom is 0.348 e. The molecule has 2 aliphatic rings. The smallest absolute Gasteiger partial charge is 0.348 e. The minimum Gasteiger partial charge on any atom is -0.479 e. The summed E-state index contributed by atoms with van der Waals surface area (Å²) in [6.07, 6.45) is 0.850. The summed E-state index contributed by atoms with van der Waals surface area (Å²) in [5, 5.41) is 55.0. The number of terminal acetylenes is 1. The number of carboxylic acids is 2. The second kappa shape index (κ2) is 11.5. The van der Waals surface area contributed by atoms with Crippen LogP contribution in [-0.2, 0) is 25.5 Å². The van der Waals surface area contributed by atoms with E-state index in [4.69, 9.17) is 27.5 Å². The molecule has 5 rings (SSSR count). The lowest BCUT2D eigenvalue weighted by Gasteiger charge is -2.34. The molecule has 3 aromatic rings. The third-order valence-corrected chi connectivity index (χ3v) is 7.69. The number of benzene rings is 1. The molecule has 4 heterocycles. The van der Waals surface area contributed by atoms with Gasteiger partial charge in [0.05, 0.1) is 12.9 Å². The number of imidazole rings is 1. The third kappa shape index (κ3) is 5.32. The molecule has 0 saturated carbocycles.